The first-order valence-corrected chi connectivity index (χ1v) is 9.10. The Hall–Kier alpha value is -2.73. The number of aliphatic hydroxyl groups excluding tert-OH is 1. The minimum absolute atomic E-state index is 0.426. The summed E-state index contributed by atoms with van der Waals surface area (Å²) in [6.45, 7) is 5.77. The highest BCUT2D eigenvalue weighted by Gasteiger charge is 2.33. The number of amides is 4. The van der Waals surface area contributed by atoms with Crippen LogP contribution in [0.15, 0.2) is 0 Å². The summed E-state index contributed by atoms with van der Waals surface area (Å²) in [5, 5.41) is 25.1. The summed E-state index contributed by atoms with van der Waals surface area (Å²) in [7, 11) is 0. The average molecular weight is 417 g/mol. The van der Waals surface area contributed by atoms with Crippen LogP contribution in [-0.2, 0) is 24.0 Å². The van der Waals surface area contributed by atoms with E-state index in [0.29, 0.717) is 0 Å². The Morgan fingerprint density at radius 2 is 1.31 bits per heavy atom. The third kappa shape index (κ3) is 8.87. The van der Waals surface area contributed by atoms with Gasteiger partial charge in [0.2, 0.25) is 23.6 Å². The number of nitrogens with one attached hydrogen (secondary N) is 3. The van der Waals surface area contributed by atoms with E-state index in [4.69, 9.17) is 16.6 Å². The third-order valence-electron chi connectivity index (χ3n) is 4.05. The van der Waals surface area contributed by atoms with Crippen molar-refractivity contribution in [1.82, 2.24) is 16.0 Å². The third-order valence-corrected chi connectivity index (χ3v) is 4.05. The van der Waals surface area contributed by atoms with Crippen LogP contribution in [0.1, 0.15) is 34.1 Å². The molecule has 12 nitrogen and oxygen atoms in total. The van der Waals surface area contributed by atoms with E-state index in [1.807, 2.05) is 0 Å². The van der Waals surface area contributed by atoms with Gasteiger partial charge in [0.15, 0.2) is 0 Å². The lowest BCUT2D eigenvalue weighted by Crippen LogP contribution is -2.59. The number of rotatable bonds is 12. The summed E-state index contributed by atoms with van der Waals surface area (Å²) in [6, 6.07) is -5.04. The van der Waals surface area contributed by atoms with Crippen LogP contribution >= 0.6 is 0 Å². The number of hydrogen-bond donors (Lipinski definition) is 7. The molecule has 166 valence electrons. The molecule has 0 aliphatic carbocycles. The first kappa shape index (κ1) is 26.3. The van der Waals surface area contributed by atoms with Crippen molar-refractivity contribution in [3.8, 4) is 0 Å². The monoisotopic (exact) mass is 417 g/mol. The van der Waals surface area contributed by atoms with Crippen LogP contribution in [0.4, 0.5) is 0 Å². The summed E-state index contributed by atoms with van der Waals surface area (Å²) in [5.74, 6) is -5.52. The van der Waals surface area contributed by atoms with E-state index < -0.39 is 78.6 Å². The van der Waals surface area contributed by atoms with Gasteiger partial charge in [-0.1, -0.05) is 27.7 Å². The predicted octanol–water partition coefficient (Wildman–Crippen LogP) is -2.97. The van der Waals surface area contributed by atoms with E-state index in [1.165, 1.54) is 0 Å². The standard InChI is InChI=1S/C17H31N5O7/c1-7(2)12(21-14(25)9(18)6-23)16(27)20-10(5-11(19)24)15(26)22-13(8(3)4)17(28)29/h7-10,12-13,23H,5-6,18H2,1-4H3,(H2,19,24)(H,20,27)(H,21,25)(H,22,26)(H,28,29). The smallest absolute Gasteiger partial charge is 0.326 e. The molecule has 0 aliphatic heterocycles. The Morgan fingerprint density at radius 3 is 1.69 bits per heavy atom. The molecule has 4 unspecified atom stereocenters. The zero-order chi connectivity index (χ0) is 22.9. The Bertz CT molecular complexity index is 623. The fourth-order valence-corrected chi connectivity index (χ4v) is 2.32. The molecule has 0 aromatic rings. The number of aliphatic hydroxyl groups is 1. The van der Waals surface area contributed by atoms with Crippen molar-refractivity contribution >= 4 is 29.6 Å². The molecule has 0 aromatic carbocycles. The first-order chi connectivity index (χ1) is 13.3. The molecule has 9 N–H and O–H groups in total. The van der Waals surface area contributed by atoms with Gasteiger partial charge < -0.3 is 37.6 Å². The van der Waals surface area contributed by atoms with Gasteiger partial charge in [-0.3, -0.25) is 19.2 Å². The number of carbonyl (C=O) groups is 5. The van der Waals surface area contributed by atoms with Crippen molar-refractivity contribution in [2.75, 3.05) is 6.61 Å². The Kier molecular flexibility index (Phi) is 10.8. The van der Waals surface area contributed by atoms with E-state index in [-0.39, 0.29) is 0 Å². The molecule has 0 saturated carbocycles. The van der Waals surface area contributed by atoms with E-state index >= 15 is 0 Å². The van der Waals surface area contributed by atoms with Crippen LogP contribution in [0.5, 0.6) is 0 Å². The van der Waals surface area contributed by atoms with Gasteiger partial charge in [0.1, 0.15) is 24.2 Å². The van der Waals surface area contributed by atoms with Gasteiger partial charge in [-0.25, -0.2) is 4.79 Å². The molecule has 0 saturated heterocycles. The number of carbonyl (C=O) groups excluding carboxylic acids is 4. The summed E-state index contributed by atoms with van der Waals surface area (Å²) in [5.41, 5.74) is 10.5. The van der Waals surface area contributed by atoms with Crippen LogP contribution in [-0.4, -0.2) is 70.6 Å². The largest absolute Gasteiger partial charge is 0.480 e. The molecule has 0 aliphatic rings. The highest BCUT2D eigenvalue weighted by atomic mass is 16.4. The average Bonchev–Trinajstić information content (AvgIpc) is 2.60. The highest BCUT2D eigenvalue weighted by Crippen LogP contribution is 2.06. The SMILES string of the molecule is CC(C)C(NC(=O)C(CC(N)=O)NC(=O)C(NC(=O)C(N)CO)C(C)C)C(=O)O. The van der Waals surface area contributed by atoms with Crippen molar-refractivity contribution in [1.29, 1.82) is 0 Å². The summed E-state index contributed by atoms with van der Waals surface area (Å²) < 4.78 is 0. The van der Waals surface area contributed by atoms with Crippen molar-refractivity contribution in [3.05, 3.63) is 0 Å². The second-order valence-electron chi connectivity index (χ2n) is 7.32. The van der Waals surface area contributed by atoms with Gasteiger partial charge in [0.25, 0.3) is 0 Å². The van der Waals surface area contributed by atoms with E-state index in [2.05, 4.69) is 16.0 Å². The molecule has 0 heterocycles. The van der Waals surface area contributed by atoms with Gasteiger partial charge >= 0.3 is 5.97 Å². The van der Waals surface area contributed by atoms with Gasteiger partial charge in [0.05, 0.1) is 13.0 Å². The zero-order valence-corrected chi connectivity index (χ0v) is 17.0. The highest BCUT2D eigenvalue weighted by molar-refractivity contribution is 5.96. The van der Waals surface area contributed by atoms with Gasteiger partial charge in [-0.15, -0.1) is 0 Å². The molecule has 4 atom stereocenters. The number of carboxylic acid groups (broad SMARTS) is 1. The molecular formula is C17H31N5O7. The maximum absolute atomic E-state index is 12.6. The van der Waals surface area contributed by atoms with E-state index in [0.717, 1.165) is 0 Å². The van der Waals surface area contributed by atoms with Gasteiger partial charge in [-0.2, -0.15) is 0 Å². The second kappa shape index (κ2) is 12.0. The predicted molar refractivity (Wildman–Crippen MR) is 102 cm³/mol. The normalized spacial score (nSPS) is 15.2. The molecule has 0 spiro atoms. The van der Waals surface area contributed by atoms with Gasteiger partial charge in [0, 0.05) is 0 Å². The molecule has 0 rings (SSSR count). The fraction of sp³-hybridized carbons (Fsp3) is 0.706. The zero-order valence-electron chi connectivity index (χ0n) is 17.0. The molecule has 0 aromatic heterocycles. The van der Waals surface area contributed by atoms with E-state index in [9.17, 15) is 29.1 Å². The van der Waals surface area contributed by atoms with Gasteiger partial charge in [-0.05, 0) is 11.8 Å². The van der Waals surface area contributed by atoms with Crippen LogP contribution < -0.4 is 27.4 Å². The van der Waals surface area contributed by atoms with Crippen LogP contribution in [0.2, 0.25) is 0 Å². The number of primary amides is 1. The molecule has 12 heteroatoms. The second-order valence-corrected chi connectivity index (χ2v) is 7.32. The first-order valence-electron chi connectivity index (χ1n) is 9.10. The van der Waals surface area contributed by atoms with Crippen LogP contribution in [0.25, 0.3) is 0 Å². The van der Waals surface area contributed by atoms with Crippen LogP contribution in [0, 0.1) is 11.8 Å². The van der Waals surface area contributed by atoms with Crippen molar-refractivity contribution in [3.63, 3.8) is 0 Å². The van der Waals surface area contributed by atoms with Crippen molar-refractivity contribution in [2.45, 2.75) is 58.3 Å². The number of hydrogen-bond acceptors (Lipinski definition) is 7. The number of nitrogens with two attached hydrogens (primary N) is 2. The Morgan fingerprint density at radius 1 is 0.828 bits per heavy atom. The topological polar surface area (TPSA) is 214 Å². The lowest BCUT2D eigenvalue weighted by atomic mass is 10.0. The molecule has 29 heavy (non-hydrogen) atoms. The van der Waals surface area contributed by atoms with E-state index in [1.54, 1.807) is 27.7 Å². The molecule has 0 fully saturated rings. The lowest BCUT2D eigenvalue weighted by molar-refractivity contribution is -0.143. The van der Waals surface area contributed by atoms with Crippen molar-refractivity contribution in [2.24, 2.45) is 23.3 Å². The molecular weight excluding hydrogens is 386 g/mol. The molecule has 0 radical (unpaired) electrons. The molecule has 0 bridgehead atoms. The molecule has 4 amide bonds. The summed E-state index contributed by atoms with van der Waals surface area (Å²) in [6.07, 6.45) is -0.572. The quantitative estimate of drug-likeness (QED) is 0.174. The Labute approximate surface area is 168 Å². The van der Waals surface area contributed by atoms with Crippen LogP contribution in [0.3, 0.4) is 0 Å². The summed E-state index contributed by atoms with van der Waals surface area (Å²) in [4.78, 5) is 59.6. The fourth-order valence-electron chi connectivity index (χ4n) is 2.32. The van der Waals surface area contributed by atoms with Crippen molar-refractivity contribution < 1.29 is 34.2 Å². The summed E-state index contributed by atoms with van der Waals surface area (Å²) >= 11 is 0. The lowest BCUT2D eigenvalue weighted by Gasteiger charge is -2.27. The minimum Gasteiger partial charge on any atom is -0.480 e. The Balaban J connectivity index is 5.43. The maximum Gasteiger partial charge on any atom is 0.326 e. The number of carboxylic acids is 1. The number of aliphatic carboxylic acids is 1. The minimum atomic E-state index is -1.44. The maximum atomic E-state index is 12.6.